The van der Waals surface area contributed by atoms with Crippen LogP contribution in [0.25, 0.3) is 0 Å². The standard InChI is InChI=1S/C22H41NO3/c1-2-3-4-5-6-7-8-9-10-11-12-13-14-15-16-18-21(24)23-20-17-19-22(25)26/h6-7H,2-5,8-20H2,1H3,(H,23,24)(H,25,26)/b7-6-. The van der Waals surface area contributed by atoms with Crippen LogP contribution in [0.1, 0.15) is 110 Å². The molecule has 4 heteroatoms. The Labute approximate surface area is 160 Å². The van der Waals surface area contributed by atoms with Crippen molar-refractivity contribution in [2.24, 2.45) is 0 Å². The predicted molar refractivity (Wildman–Crippen MR) is 109 cm³/mol. The van der Waals surface area contributed by atoms with Gasteiger partial charge in [0, 0.05) is 19.4 Å². The van der Waals surface area contributed by atoms with Crippen molar-refractivity contribution >= 4 is 11.9 Å². The summed E-state index contributed by atoms with van der Waals surface area (Å²) in [6, 6.07) is 0. The van der Waals surface area contributed by atoms with Gasteiger partial charge in [-0.25, -0.2) is 0 Å². The molecule has 0 aliphatic rings. The molecule has 0 rings (SSSR count). The lowest BCUT2D eigenvalue weighted by atomic mass is 10.1. The van der Waals surface area contributed by atoms with Gasteiger partial charge in [-0.2, -0.15) is 0 Å². The Balaban J connectivity index is 3.19. The van der Waals surface area contributed by atoms with Gasteiger partial charge in [-0.15, -0.1) is 0 Å². The topological polar surface area (TPSA) is 66.4 Å². The van der Waals surface area contributed by atoms with E-state index in [1.54, 1.807) is 0 Å². The number of aliphatic carboxylic acids is 1. The van der Waals surface area contributed by atoms with Crippen LogP contribution < -0.4 is 5.32 Å². The van der Waals surface area contributed by atoms with Crippen LogP contribution in [0.2, 0.25) is 0 Å². The van der Waals surface area contributed by atoms with Crippen LogP contribution in [0.5, 0.6) is 0 Å². The lowest BCUT2D eigenvalue weighted by molar-refractivity contribution is -0.137. The second kappa shape index (κ2) is 20.0. The largest absolute Gasteiger partial charge is 0.481 e. The van der Waals surface area contributed by atoms with E-state index in [0.717, 1.165) is 12.8 Å². The molecule has 0 unspecified atom stereocenters. The first-order valence-corrected chi connectivity index (χ1v) is 10.8. The maximum absolute atomic E-state index is 11.6. The van der Waals surface area contributed by atoms with Crippen LogP contribution in [0.3, 0.4) is 0 Å². The number of carbonyl (C=O) groups is 2. The summed E-state index contributed by atoms with van der Waals surface area (Å²) in [7, 11) is 0. The highest BCUT2D eigenvalue weighted by Crippen LogP contribution is 2.11. The van der Waals surface area contributed by atoms with Crippen molar-refractivity contribution in [1.29, 1.82) is 0 Å². The van der Waals surface area contributed by atoms with E-state index in [1.807, 2.05) is 0 Å². The lowest BCUT2D eigenvalue weighted by Gasteiger charge is -2.04. The number of nitrogens with one attached hydrogen (secondary N) is 1. The van der Waals surface area contributed by atoms with E-state index in [9.17, 15) is 9.59 Å². The summed E-state index contributed by atoms with van der Waals surface area (Å²) in [5.41, 5.74) is 0. The fourth-order valence-corrected chi connectivity index (χ4v) is 2.91. The van der Waals surface area contributed by atoms with Crippen LogP contribution in [-0.2, 0) is 9.59 Å². The van der Waals surface area contributed by atoms with E-state index in [1.165, 1.54) is 70.6 Å². The SMILES string of the molecule is CCCCC/C=C\CCCCCCCCCCC(=O)NCCCC(=O)O. The second-order valence-corrected chi connectivity index (χ2v) is 7.18. The van der Waals surface area contributed by atoms with Gasteiger partial charge >= 0.3 is 5.97 Å². The second-order valence-electron chi connectivity index (χ2n) is 7.18. The third-order valence-corrected chi connectivity index (χ3v) is 4.56. The number of carboxylic acids is 1. The molecule has 0 spiro atoms. The molecule has 0 aliphatic carbocycles. The Morgan fingerprint density at radius 1 is 0.731 bits per heavy atom. The lowest BCUT2D eigenvalue weighted by Crippen LogP contribution is -2.24. The smallest absolute Gasteiger partial charge is 0.303 e. The maximum Gasteiger partial charge on any atom is 0.303 e. The molecule has 0 aromatic carbocycles. The average Bonchev–Trinajstić information content (AvgIpc) is 2.62. The number of rotatable bonds is 19. The Bertz CT molecular complexity index is 366. The van der Waals surface area contributed by atoms with E-state index in [-0.39, 0.29) is 12.3 Å². The molecule has 0 aromatic rings. The fourth-order valence-electron chi connectivity index (χ4n) is 2.91. The molecular weight excluding hydrogens is 326 g/mol. The Morgan fingerprint density at radius 2 is 1.27 bits per heavy atom. The zero-order valence-electron chi connectivity index (χ0n) is 16.9. The molecule has 0 bridgehead atoms. The zero-order chi connectivity index (χ0) is 19.3. The molecule has 0 saturated heterocycles. The van der Waals surface area contributed by atoms with Crippen molar-refractivity contribution in [3.8, 4) is 0 Å². The molecule has 0 aromatic heterocycles. The van der Waals surface area contributed by atoms with Crippen molar-refractivity contribution in [2.75, 3.05) is 6.54 Å². The molecule has 0 fully saturated rings. The zero-order valence-corrected chi connectivity index (χ0v) is 16.9. The molecule has 0 radical (unpaired) electrons. The van der Waals surface area contributed by atoms with Gasteiger partial charge in [-0.1, -0.05) is 70.4 Å². The summed E-state index contributed by atoms with van der Waals surface area (Å²) in [6.07, 6.45) is 22.2. The third-order valence-electron chi connectivity index (χ3n) is 4.56. The van der Waals surface area contributed by atoms with Crippen molar-refractivity contribution in [3.63, 3.8) is 0 Å². The van der Waals surface area contributed by atoms with E-state index < -0.39 is 5.97 Å². The number of amides is 1. The molecular formula is C22H41NO3. The summed E-state index contributed by atoms with van der Waals surface area (Å²) >= 11 is 0. The van der Waals surface area contributed by atoms with Crippen molar-refractivity contribution < 1.29 is 14.7 Å². The van der Waals surface area contributed by atoms with E-state index in [4.69, 9.17) is 5.11 Å². The van der Waals surface area contributed by atoms with Crippen LogP contribution in [0, 0.1) is 0 Å². The maximum atomic E-state index is 11.6. The number of carbonyl (C=O) groups excluding carboxylic acids is 1. The molecule has 152 valence electrons. The molecule has 4 nitrogen and oxygen atoms in total. The molecule has 0 atom stereocenters. The molecule has 2 N–H and O–H groups in total. The molecule has 0 heterocycles. The summed E-state index contributed by atoms with van der Waals surface area (Å²) in [5, 5.41) is 11.3. The Morgan fingerprint density at radius 3 is 1.85 bits per heavy atom. The van der Waals surface area contributed by atoms with Gasteiger partial charge in [-0.05, 0) is 38.5 Å². The van der Waals surface area contributed by atoms with Gasteiger partial charge in [0.25, 0.3) is 0 Å². The highest BCUT2D eigenvalue weighted by molar-refractivity contribution is 5.75. The minimum absolute atomic E-state index is 0.0538. The predicted octanol–water partition coefficient (Wildman–Crippen LogP) is 6.00. The highest BCUT2D eigenvalue weighted by Gasteiger charge is 2.01. The Kier molecular flexibility index (Phi) is 19.0. The first-order valence-electron chi connectivity index (χ1n) is 10.8. The van der Waals surface area contributed by atoms with Crippen LogP contribution in [0.4, 0.5) is 0 Å². The summed E-state index contributed by atoms with van der Waals surface area (Å²) in [4.78, 5) is 21.9. The highest BCUT2D eigenvalue weighted by atomic mass is 16.4. The van der Waals surface area contributed by atoms with E-state index in [2.05, 4.69) is 24.4 Å². The molecule has 1 amide bonds. The monoisotopic (exact) mass is 367 g/mol. The van der Waals surface area contributed by atoms with Crippen LogP contribution in [0.15, 0.2) is 12.2 Å². The Hall–Kier alpha value is -1.32. The number of hydrogen-bond donors (Lipinski definition) is 2. The van der Waals surface area contributed by atoms with Crippen LogP contribution in [-0.4, -0.2) is 23.5 Å². The summed E-state index contributed by atoms with van der Waals surface area (Å²) in [6.45, 7) is 2.72. The number of allylic oxidation sites excluding steroid dienone is 2. The first-order chi connectivity index (χ1) is 12.7. The number of hydrogen-bond acceptors (Lipinski definition) is 2. The van der Waals surface area contributed by atoms with Crippen molar-refractivity contribution in [3.05, 3.63) is 12.2 Å². The van der Waals surface area contributed by atoms with E-state index in [0.29, 0.717) is 19.4 Å². The van der Waals surface area contributed by atoms with Gasteiger partial charge in [0.2, 0.25) is 5.91 Å². The molecule has 0 aliphatic heterocycles. The molecule has 26 heavy (non-hydrogen) atoms. The minimum atomic E-state index is -0.807. The van der Waals surface area contributed by atoms with Gasteiger partial charge in [0.05, 0.1) is 0 Å². The quantitative estimate of drug-likeness (QED) is 0.217. The first kappa shape index (κ1) is 24.7. The third kappa shape index (κ3) is 20.7. The number of unbranched alkanes of at least 4 members (excludes halogenated alkanes) is 11. The average molecular weight is 368 g/mol. The normalized spacial score (nSPS) is 11.1. The summed E-state index contributed by atoms with van der Waals surface area (Å²) in [5.74, 6) is -0.753. The van der Waals surface area contributed by atoms with Crippen LogP contribution >= 0.6 is 0 Å². The van der Waals surface area contributed by atoms with Crippen molar-refractivity contribution in [1.82, 2.24) is 5.32 Å². The number of carboxylic acid groups (broad SMARTS) is 1. The van der Waals surface area contributed by atoms with Gasteiger partial charge in [-0.3, -0.25) is 9.59 Å². The minimum Gasteiger partial charge on any atom is -0.481 e. The van der Waals surface area contributed by atoms with Gasteiger partial charge in [0.1, 0.15) is 0 Å². The van der Waals surface area contributed by atoms with Gasteiger partial charge < -0.3 is 10.4 Å². The summed E-state index contributed by atoms with van der Waals surface area (Å²) < 4.78 is 0. The van der Waals surface area contributed by atoms with E-state index >= 15 is 0 Å². The fraction of sp³-hybridized carbons (Fsp3) is 0.818. The van der Waals surface area contributed by atoms with Gasteiger partial charge in [0.15, 0.2) is 0 Å². The van der Waals surface area contributed by atoms with Crippen molar-refractivity contribution in [2.45, 2.75) is 110 Å². The molecule has 0 saturated carbocycles.